The number of halogens is 1. The number of carbonyl (C=O) groups excluding carboxylic acids is 2. The maximum atomic E-state index is 14.4. The zero-order chi connectivity index (χ0) is 25.6. The van der Waals surface area contributed by atoms with E-state index in [-0.39, 0.29) is 18.2 Å². The van der Waals surface area contributed by atoms with Crippen molar-refractivity contribution in [2.24, 2.45) is 0 Å². The topological polar surface area (TPSA) is 86.8 Å². The van der Waals surface area contributed by atoms with Gasteiger partial charge in [-0.2, -0.15) is 0 Å². The second-order valence-electron chi connectivity index (χ2n) is 8.72. The molecule has 0 aliphatic heterocycles. The minimum Gasteiger partial charge on any atom is -0.352 e. The largest absolute Gasteiger partial charge is 0.352 e. The smallest absolute Gasteiger partial charge is 0.244 e. The van der Waals surface area contributed by atoms with Crippen molar-refractivity contribution in [2.75, 3.05) is 17.1 Å². The number of carbonyl (C=O) groups is 2. The van der Waals surface area contributed by atoms with Crippen LogP contribution < -0.4 is 9.62 Å². The zero-order valence-electron chi connectivity index (χ0n) is 20.6. The lowest BCUT2D eigenvalue weighted by atomic mass is 10.1. The number of amides is 2. The SMILES string of the molecule is CCC(C)NC(=O)C(C)N(Cc1ccccc1F)C(=O)CN(c1cc(C)cc(C)c1)S(C)(=O)=O. The summed E-state index contributed by atoms with van der Waals surface area (Å²) in [6.45, 7) is 8.31. The fourth-order valence-corrected chi connectivity index (χ4v) is 4.40. The van der Waals surface area contributed by atoms with E-state index in [2.05, 4.69) is 5.32 Å². The molecule has 2 atom stereocenters. The Morgan fingerprint density at radius 1 is 1.06 bits per heavy atom. The molecule has 0 aromatic heterocycles. The summed E-state index contributed by atoms with van der Waals surface area (Å²) in [6.07, 6.45) is 1.73. The van der Waals surface area contributed by atoms with Gasteiger partial charge in [-0.3, -0.25) is 13.9 Å². The molecular formula is C25H34FN3O4S. The molecular weight excluding hydrogens is 457 g/mol. The molecule has 0 saturated heterocycles. The number of anilines is 1. The van der Waals surface area contributed by atoms with Gasteiger partial charge < -0.3 is 10.2 Å². The highest BCUT2D eigenvalue weighted by Crippen LogP contribution is 2.22. The van der Waals surface area contributed by atoms with Gasteiger partial charge in [0.25, 0.3) is 0 Å². The predicted molar refractivity (Wildman–Crippen MR) is 132 cm³/mol. The number of sulfonamides is 1. The molecule has 0 spiro atoms. The van der Waals surface area contributed by atoms with Crippen molar-refractivity contribution in [3.05, 3.63) is 65.0 Å². The molecule has 2 rings (SSSR count). The summed E-state index contributed by atoms with van der Waals surface area (Å²) < 4.78 is 40.7. The van der Waals surface area contributed by atoms with Crippen LogP contribution in [-0.4, -0.2) is 50.0 Å². The van der Waals surface area contributed by atoms with Gasteiger partial charge in [0.1, 0.15) is 18.4 Å². The number of nitrogens with one attached hydrogen (secondary N) is 1. The molecule has 0 aliphatic carbocycles. The molecule has 2 amide bonds. The van der Waals surface area contributed by atoms with E-state index in [0.717, 1.165) is 21.7 Å². The van der Waals surface area contributed by atoms with Crippen molar-refractivity contribution in [3.63, 3.8) is 0 Å². The average molecular weight is 492 g/mol. The maximum absolute atomic E-state index is 14.4. The van der Waals surface area contributed by atoms with Crippen LogP contribution in [0.4, 0.5) is 10.1 Å². The van der Waals surface area contributed by atoms with E-state index >= 15 is 0 Å². The molecule has 1 N–H and O–H groups in total. The normalized spacial score (nSPS) is 13.1. The van der Waals surface area contributed by atoms with Crippen LogP contribution in [0.1, 0.15) is 43.9 Å². The van der Waals surface area contributed by atoms with E-state index in [9.17, 15) is 22.4 Å². The van der Waals surface area contributed by atoms with Crippen molar-refractivity contribution < 1.29 is 22.4 Å². The van der Waals surface area contributed by atoms with Crippen LogP contribution in [0.5, 0.6) is 0 Å². The summed E-state index contributed by atoms with van der Waals surface area (Å²) in [5.74, 6) is -1.51. The summed E-state index contributed by atoms with van der Waals surface area (Å²) in [5, 5.41) is 2.84. The Bertz CT molecular complexity index is 1120. The zero-order valence-corrected chi connectivity index (χ0v) is 21.4. The molecule has 186 valence electrons. The minimum absolute atomic E-state index is 0.108. The molecule has 7 nitrogen and oxygen atoms in total. The van der Waals surface area contributed by atoms with E-state index in [1.807, 2.05) is 33.8 Å². The van der Waals surface area contributed by atoms with E-state index in [1.54, 1.807) is 25.1 Å². The Balaban J connectivity index is 2.43. The third kappa shape index (κ3) is 7.28. The summed E-state index contributed by atoms with van der Waals surface area (Å²) in [6, 6.07) is 10.2. The van der Waals surface area contributed by atoms with Gasteiger partial charge in [-0.1, -0.05) is 31.2 Å². The second-order valence-corrected chi connectivity index (χ2v) is 10.6. The summed E-state index contributed by atoms with van der Waals surface area (Å²) in [7, 11) is -3.82. The van der Waals surface area contributed by atoms with Crippen LogP contribution in [0.25, 0.3) is 0 Å². The number of hydrogen-bond donors (Lipinski definition) is 1. The number of rotatable bonds is 10. The van der Waals surface area contributed by atoms with Crippen LogP contribution >= 0.6 is 0 Å². The van der Waals surface area contributed by atoms with Gasteiger partial charge in [0.2, 0.25) is 21.8 Å². The number of hydrogen-bond acceptors (Lipinski definition) is 4. The Morgan fingerprint density at radius 2 is 1.65 bits per heavy atom. The lowest BCUT2D eigenvalue weighted by Gasteiger charge is -2.32. The average Bonchev–Trinajstić information content (AvgIpc) is 2.74. The van der Waals surface area contributed by atoms with E-state index in [4.69, 9.17) is 0 Å². The summed E-state index contributed by atoms with van der Waals surface area (Å²) in [4.78, 5) is 27.5. The van der Waals surface area contributed by atoms with Crippen LogP contribution in [0.15, 0.2) is 42.5 Å². The molecule has 0 aliphatic rings. The third-order valence-electron chi connectivity index (χ3n) is 5.64. The van der Waals surface area contributed by atoms with Gasteiger partial charge >= 0.3 is 0 Å². The second kappa shape index (κ2) is 11.5. The fraction of sp³-hybridized carbons (Fsp3) is 0.440. The van der Waals surface area contributed by atoms with Crippen LogP contribution in [-0.2, 0) is 26.2 Å². The highest BCUT2D eigenvalue weighted by molar-refractivity contribution is 7.92. The van der Waals surface area contributed by atoms with Crippen molar-refractivity contribution in [1.82, 2.24) is 10.2 Å². The highest BCUT2D eigenvalue weighted by atomic mass is 32.2. The van der Waals surface area contributed by atoms with Crippen molar-refractivity contribution in [3.8, 4) is 0 Å². The van der Waals surface area contributed by atoms with Gasteiger partial charge in [-0.25, -0.2) is 12.8 Å². The van der Waals surface area contributed by atoms with E-state index < -0.39 is 40.2 Å². The lowest BCUT2D eigenvalue weighted by Crippen LogP contribution is -2.52. The van der Waals surface area contributed by atoms with Gasteiger partial charge in [0, 0.05) is 18.2 Å². The molecule has 2 unspecified atom stereocenters. The molecule has 0 radical (unpaired) electrons. The first kappa shape index (κ1) is 27.3. The van der Waals surface area contributed by atoms with Gasteiger partial charge in [0.05, 0.1) is 11.9 Å². The Morgan fingerprint density at radius 3 is 2.18 bits per heavy atom. The predicted octanol–water partition coefficient (Wildman–Crippen LogP) is 3.54. The highest BCUT2D eigenvalue weighted by Gasteiger charge is 2.31. The molecule has 0 saturated carbocycles. The van der Waals surface area contributed by atoms with Gasteiger partial charge in [-0.15, -0.1) is 0 Å². The molecule has 34 heavy (non-hydrogen) atoms. The first-order valence-electron chi connectivity index (χ1n) is 11.2. The fourth-order valence-electron chi connectivity index (χ4n) is 3.57. The first-order chi connectivity index (χ1) is 15.8. The third-order valence-corrected chi connectivity index (χ3v) is 6.78. The Hall–Kier alpha value is -2.94. The van der Waals surface area contributed by atoms with Gasteiger partial charge in [0.15, 0.2) is 0 Å². The monoisotopic (exact) mass is 491 g/mol. The van der Waals surface area contributed by atoms with E-state index in [0.29, 0.717) is 12.1 Å². The molecule has 2 aromatic rings. The summed E-state index contributed by atoms with van der Waals surface area (Å²) >= 11 is 0. The molecule has 9 heteroatoms. The molecule has 2 aromatic carbocycles. The van der Waals surface area contributed by atoms with Crippen molar-refractivity contribution >= 4 is 27.5 Å². The minimum atomic E-state index is -3.82. The summed E-state index contributed by atoms with van der Waals surface area (Å²) in [5.41, 5.74) is 2.29. The molecule has 0 bridgehead atoms. The van der Waals surface area contributed by atoms with Crippen LogP contribution in [0.2, 0.25) is 0 Å². The Labute approximate surface area is 202 Å². The van der Waals surface area contributed by atoms with Crippen molar-refractivity contribution in [2.45, 2.75) is 59.7 Å². The lowest BCUT2D eigenvalue weighted by molar-refractivity contribution is -0.139. The number of nitrogens with zero attached hydrogens (tertiary/aromatic N) is 2. The van der Waals surface area contributed by atoms with Crippen LogP contribution in [0.3, 0.4) is 0 Å². The molecule has 0 heterocycles. The number of benzene rings is 2. The van der Waals surface area contributed by atoms with E-state index in [1.165, 1.54) is 23.1 Å². The first-order valence-corrected chi connectivity index (χ1v) is 13.1. The van der Waals surface area contributed by atoms with Gasteiger partial charge in [-0.05, 0) is 63.4 Å². The van der Waals surface area contributed by atoms with Crippen LogP contribution in [0, 0.1) is 19.7 Å². The standard InChI is InChI=1S/C25H34FN3O4S/c1-7-19(4)27-25(31)20(5)28(15-21-10-8-9-11-23(21)26)24(30)16-29(34(6,32)33)22-13-17(2)12-18(3)14-22/h8-14,19-20H,7,15-16H2,1-6H3,(H,27,31). The quantitative estimate of drug-likeness (QED) is 0.551. The van der Waals surface area contributed by atoms with Crippen molar-refractivity contribution in [1.29, 1.82) is 0 Å². The number of aryl methyl sites for hydroxylation is 2. The Kier molecular flexibility index (Phi) is 9.21. The maximum Gasteiger partial charge on any atom is 0.244 e. The molecule has 0 fully saturated rings.